The molecule has 0 unspecified atom stereocenters. The van der Waals surface area contributed by atoms with E-state index in [-0.39, 0.29) is 33.3 Å². The average molecular weight is 510 g/mol. The van der Waals surface area contributed by atoms with Gasteiger partial charge in [0.2, 0.25) is 11.7 Å². The van der Waals surface area contributed by atoms with Crippen LogP contribution in [0.3, 0.4) is 0 Å². The van der Waals surface area contributed by atoms with Gasteiger partial charge in [-0.25, -0.2) is 13.7 Å². The lowest BCUT2D eigenvalue weighted by atomic mass is 9.97. The fraction of sp³-hybridized carbons (Fsp3) is 0.478. The molecule has 2 aromatic rings. The molecule has 0 atom stereocenters. The maximum Gasteiger partial charge on any atom is 0.340 e. The van der Waals surface area contributed by atoms with Crippen LogP contribution in [0.1, 0.15) is 66.3 Å². The third-order valence-corrected chi connectivity index (χ3v) is 8.13. The number of esters is 2. The molecule has 1 aromatic heterocycles. The van der Waals surface area contributed by atoms with Crippen molar-refractivity contribution in [2.75, 3.05) is 18.6 Å². The summed E-state index contributed by atoms with van der Waals surface area (Å²) in [5.74, 6) is -1.09. The van der Waals surface area contributed by atoms with Crippen molar-refractivity contribution in [3.05, 3.63) is 40.0 Å². The predicted molar refractivity (Wildman–Crippen MR) is 128 cm³/mol. The van der Waals surface area contributed by atoms with Gasteiger partial charge in [0.15, 0.2) is 0 Å². The van der Waals surface area contributed by atoms with Crippen LogP contribution in [-0.4, -0.2) is 50.3 Å². The lowest BCUT2D eigenvalue weighted by Gasteiger charge is -2.18. The van der Waals surface area contributed by atoms with Gasteiger partial charge in [-0.3, -0.25) is 9.59 Å². The van der Waals surface area contributed by atoms with Crippen LogP contribution in [0.2, 0.25) is 5.02 Å². The standard InChI is InChI=1S/C23H28ClN3O6S/c1-23(2,3)22(30)33-20-16(13-25-27(20)4)19(28)14-9-10-15(21(29)32-5)18(17(14)24)26-34(31)11-7-6-8-12-34/h9-10,13H,6-8,11-12H2,1-5H3. The number of ketones is 1. The summed E-state index contributed by atoms with van der Waals surface area (Å²) < 4.78 is 29.3. The fourth-order valence-electron chi connectivity index (χ4n) is 3.38. The highest BCUT2D eigenvalue weighted by molar-refractivity contribution is 7.93. The SMILES string of the molecule is COC(=O)c1ccc(C(=O)c2cnn(C)c2OC(=O)C(C)(C)C)c(Cl)c1N=S1(=O)CCCCC1. The zero-order valence-electron chi connectivity index (χ0n) is 19.8. The number of hydrogen-bond acceptors (Lipinski definition) is 8. The molecule has 1 aliphatic heterocycles. The Morgan fingerprint density at radius 1 is 1.09 bits per heavy atom. The summed E-state index contributed by atoms with van der Waals surface area (Å²) in [6.45, 7) is 5.07. The van der Waals surface area contributed by atoms with Gasteiger partial charge < -0.3 is 9.47 Å². The number of aromatic nitrogens is 2. The van der Waals surface area contributed by atoms with Crippen molar-refractivity contribution in [2.24, 2.45) is 16.8 Å². The summed E-state index contributed by atoms with van der Waals surface area (Å²) in [4.78, 5) is 38.2. The minimum Gasteiger partial charge on any atom is -0.465 e. The molecule has 34 heavy (non-hydrogen) atoms. The lowest BCUT2D eigenvalue weighted by molar-refractivity contribution is -0.143. The molecule has 0 N–H and O–H groups in total. The normalized spacial score (nSPS) is 15.5. The highest BCUT2D eigenvalue weighted by atomic mass is 35.5. The van der Waals surface area contributed by atoms with Crippen LogP contribution >= 0.6 is 11.6 Å². The Morgan fingerprint density at radius 3 is 2.29 bits per heavy atom. The van der Waals surface area contributed by atoms with E-state index in [0.717, 1.165) is 19.3 Å². The first kappa shape index (κ1) is 25.9. The zero-order chi connectivity index (χ0) is 25.3. The summed E-state index contributed by atoms with van der Waals surface area (Å²) >= 11 is 6.60. The van der Waals surface area contributed by atoms with Crippen LogP contribution < -0.4 is 4.74 Å². The van der Waals surface area contributed by atoms with Gasteiger partial charge in [0.05, 0.1) is 39.0 Å². The van der Waals surface area contributed by atoms with E-state index in [1.807, 2.05) is 0 Å². The van der Waals surface area contributed by atoms with E-state index in [0.29, 0.717) is 11.5 Å². The van der Waals surface area contributed by atoms with E-state index in [9.17, 15) is 18.6 Å². The number of ether oxygens (including phenoxy) is 2. The van der Waals surface area contributed by atoms with Crippen LogP contribution in [0.25, 0.3) is 0 Å². The molecule has 3 rings (SSSR count). The Balaban J connectivity index is 2.13. The summed E-state index contributed by atoms with van der Waals surface area (Å²) in [5, 5.41) is 3.92. The molecule has 2 heterocycles. The molecule has 184 valence electrons. The van der Waals surface area contributed by atoms with Crippen molar-refractivity contribution in [3.63, 3.8) is 0 Å². The second-order valence-electron chi connectivity index (χ2n) is 9.10. The molecular formula is C23H28ClN3O6S. The highest BCUT2D eigenvalue weighted by Gasteiger charge is 2.30. The second-order valence-corrected chi connectivity index (χ2v) is 12.0. The van der Waals surface area contributed by atoms with E-state index in [2.05, 4.69) is 9.46 Å². The van der Waals surface area contributed by atoms with E-state index >= 15 is 0 Å². The van der Waals surface area contributed by atoms with Gasteiger partial charge in [-0.05, 0) is 45.7 Å². The van der Waals surface area contributed by atoms with E-state index in [4.69, 9.17) is 21.1 Å². The maximum absolute atomic E-state index is 13.4. The summed E-state index contributed by atoms with van der Waals surface area (Å²) in [7, 11) is 0.116. The molecule has 0 amide bonds. The molecule has 9 nitrogen and oxygen atoms in total. The van der Waals surface area contributed by atoms with E-state index in [1.165, 1.54) is 30.1 Å². The summed E-state index contributed by atoms with van der Waals surface area (Å²) in [6.07, 6.45) is 3.74. The second kappa shape index (κ2) is 9.87. The van der Waals surface area contributed by atoms with Crippen molar-refractivity contribution in [1.82, 2.24) is 9.78 Å². The molecule has 1 aliphatic rings. The largest absolute Gasteiger partial charge is 0.465 e. The molecule has 1 fully saturated rings. The zero-order valence-corrected chi connectivity index (χ0v) is 21.4. The van der Waals surface area contributed by atoms with E-state index in [1.54, 1.807) is 27.8 Å². The molecule has 1 aromatic carbocycles. The Bertz CT molecular complexity index is 1260. The number of nitrogens with zero attached hydrogens (tertiary/aromatic N) is 3. The first-order valence-electron chi connectivity index (χ1n) is 10.8. The minimum atomic E-state index is -2.64. The number of methoxy groups -OCH3 is 1. The molecule has 0 spiro atoms. The Morgan fingerprint density at radius 2 is 1.71 bits per heavy atom. The number of aryl methyl sites for hydroxylation is 1. The first-order valence-corrected chi connectivity index (χ1v) is 13.0. The maximum atomic E-state index is 13.4. The van der Waals surface area contributed by atoms with Gasteiger partial charge in [0.1, 0.15) is 11.3 Å². The number of halogens is 1. The van der Waals surface area contributed by atoms with E-state index < -0.39 is 32.9 Å². The fourth-order valence-corrected chi connectivity index (χ4v) is 5.95. The molecule has 0 bridgehead atoms. The van der Waals surface area contributed by atoms with Crippen molar-refractivity contribution in [2.45, 2.75) is 40.0 Å². The highest BCUT2D eigenvalue weighted by Crippen LogP contribution is 2.37. The smallest absolute Gasteiger partial charge is 0.340 e. The monoisotopic (exact) mass is 509 g/mol. The van der Waals surface area contributed by atoms with Crippen molar-refractivity contribution in [3.8, 4) is 5.88 Å². The minimum absolute atomic E-state index is 0.00735. The van der Waals surface area contributed by atoms with Gasteiger partial charge in [0.25, 0.3) is 0 Å². The average Bonchev–Trinajstić information content (AvgIpc) is 3.14. The molecule has 1 saturated heterocycles. The Hall–Kier alpha value is -2.72. The van der Waals surface area contributed by atoms with Crippen molar-refractivity contribution >= 4 is 44.7 Å². The summed E-state index contributed by atoms with van der Waals surface area (Å²) in [6, 6.07) is 2.73. The van der Waals surface area contributed by atoms with Crippen LogP contribution in [0.4, 0.5) is 5.69 Å². The summed E-state index contributed by atoms with van der Waals surface area (Å²) in [5.41, 5.74) is -0.804. The molecule has 0 radical (unpaired) electrons. The van der Waals surface area contributed by atoms with Gasteiger partial charge in [-0.2, -0.15) is 9.46 Å². The topological polar surface area (TPSA) is 117 Å². The quantitative estimate of drug-likeness (QED) is 0.435. The lowest BCUT2D eigenvalue weighted by Crippen LogP contribution is -2.27. The van der Waals surface area contributed by atoms with Gasteiger partial charge in [-0.15, -0.1) is 0 Å². The number of rotatable bonds is 5. The number of hydrogen-bond donors (Lipinski definition) is 0. The first-order chi connectivity index (χ1) is 15.9. The van der Waals surface area contributed by atoms with Crippen LogP contribution in [0, 0.1) is 5.41 Å². The third kappa shape index (κ3) is 5.33. The van der Waals surface area contributed by atoms with Crippen LogP contribution in [0.15, 0.2) is 22.7 Å². The van der Waals surface area contributed by atoms with Crippen molar-refractivity contribution < 1.29 is 28.1 Å². The van der Waals surface area contributed by atoms with Crippen LogP contribution in [-0.2, 0) is 26.3 Å². The van der Waals surface area contributed by atoms with Gasteiger partial charge >= 0.3 is 11.9 Å². The number of benzene rings is 1. The molecular weight excluding hydrogens is 482 g/mol. The van der Waals surface area contributed by atoms with Gasteiger partial charge in [-0.1, -0.05) is 18.0 Å². The number of carbonyl (C=O) groups is 3. The Labute approximate surface area is 203 Å². The predicted octanol–water partition coefficient (Wildman–Crippen LogP) is 4.33. The molecule has 11 heteroatoms. The number of carbonyl (C=O) groups excluding carboxylic acids is 3. The Kier molecular flexibility index (Phi) is 7.52. The van der Waals surface area contributed by atoms with Crippen molar-refractivity contribution in [1.29, 1.82) is 0 Å². The van der Waals surface area contributed by atoms with Crippen LogP contribution in [0.5, 0.6) is 5.88 Å². The van der Waals surface area contributed by atoms with Gasteiger partial charge in [0, 0.05) is 24.1 Å². The molecule has 0 saturated carbocycles. The molecule has 0 aliphatic carbocycles. The third-order valence-electron chi connectivity index (χ3n) is 5.38.